The summed E-state index contributed by atoms with van der Waals surface area (Å²) in [5.41, 5.74) is 2.66. The summed E-state index contributed by atoms with van der Waals surface area (Å²) in [4.78, 5) is 7.49. The number of ether oxygens (including phenoxy) is 1. The largest absolute Gasteiger partial charge is 0.379 e. The Labute approximate surface area is 158 Å². The topological polar surface area (TPSA) is 48.9 Å². The van der Waals surface area contributed by atoms with Gasteiger partial charge in [0.25, 0.3) is 0 Å². The van der Waals surface area contributed by atoms with Gasteiger partial charge in [-0.1, -0.05) is 42.7 Å². The number of morpholine rings is 1. The van der Waals surface area contributed by atoms with Gasteiger partial charge in [-0.2, -0.15) is 0 Å². The van der Waals surface area contributed by atoms with Gasteiger partial charge in [0, 0.05) is 25.7 Å². The van der Waals surface area contributed by atoms with Crippen LogP contribution in [-0.4, -0.2) is 56.3 Å². The zero-order valence-electron chi connectivity index (χ0n) is 16.3. The van der Waals surface area contributed by atoms with Crippen LogP contribution in [0.2, 0.25) is 0 Å². The van der Waals surface area contributed by atoms with Gasteiger partial charge in [-0.25, -0.2) is 0 Å². The van der Waals surface area contributed by atoms with Crippen LogP contribution in [0.15, 0.2) is 29.3 Å². The minimum Gasteiger partial charge on any atom is -0.379 e. The number of aliphatic imine (C=N–C) groups is 1. The van der Waals surface area contributed by atoms with Crippen LogP contribution in [0.4, 0.5) is 0 Å². The highest BCUT2D eigenvalue weighted by atomic mass is 16.5. The highest BCUT2D eigenvalue weighted by molar-refractivity contribution is 5.80. The molecule has 0 spiro atoms. The number of guanidine groups is 1. The summed E-state index contributed by atoms with van der Waals surface area (Å²) >= 11 is 0. The standard InChI is InChI=1S/C21H34N4O/c1-3-22-21(24-19-9-4-5-10-19)23-16-20(25-11-13-26-14-12-25)18-8-6-7-17(2)15-18/h6-8,15,19-20H,3-5,9-14,16H2,1-2H3,(H2,22,23,24). The molecule has 1 aromatic carbocycles. The lowest BCUT2D eigenvalue weighted by Crippen LogP contribution is -2.44. The fraction of sp³-hybridized carbons (Fsp3) is 0.667. The Morgan fingerprint density at radius 2 is 2.04 bits per heavy atom. The predicted molar refractivity (Wildman–Crippen MR) is 108 cm³/mol. The maximum absolute atomic E-state index is 5.56. The molecule has 2 aliphatic rings. The van der Waals surface area contributed by atoms with Crippen LogP contribution in [0.5, 0.6) is 0 Å². The second-order valence-electron chi connectivity index (χ2n) is 7.42. The molecule has 1 heterocycles. The lowest BCUT2D eigenvalue weighted by Gasteiger charge is -2.34. The van der Waals surface area contributed by atoms with Gasteiger partial charge in [0.15, 0.2) is 5.96 Å². The molecule has 1 aliphatic carbocycles. The first-order valence-electron chi connectivity index (χ1n) is 10.2. The quantitative estimate of drug-likeness (QED) is 0.606. The summed E-state index contributed by atoms with van der Waals surface area (Å²) < 4.78 is 5.56. The third kappa shape index (κ3) is 5.45. The van der Waals surface area contributed by atoms with Gasteiger partial charge >= 0.3 is 0 Å². The molecule has 1 saturated carbocycles. The molecule has 0 amide bonds. The molecule has 1 aliphatic heterocycles. The third-order valence-electron chi connectivity index (χ3n) is 5.38. The number of nitrogens with zero attached hydrogens (tertiary/aromatic N) is 2. The minimum absolute atomic E-state index is 0.304. The van der Waals surface area contributed by atoms with E-state index in [1.165, 1.54) is 36.8 Å². The maximum Gasteiger partial charge on any atom is 0.191 e. The van der Waals surface area contributed by atoms with Crippen LogP contribution < -0.4 is 10.6 Å². The molecule has 1 aromatic rings. The van der Waals surface area contributed by atoms with Crippen LogP contribution in [-0.2, 0) is 4.74 Å². The molecule has 2 N–H and O–H groups in total. The zero-order valence-corrected chi connectivity index (χ0v) is 16.3. The summed E-state index contributed by atoms with van der Waals surface area (Å²) in [6.45, 7) is 9.53. The number of rotatable bonds is 6. The number of benzene rings is 1. The van der Waals surface area contributed by atoms with E-state index in [1.807, 2.05) is 0 Å². The van der Waals surface area contributed by atoms with Crippen LogP contribution in [0, 0.1) is 6.92 Å². The van der Waals surface area contributed by atoms with Crippen molar-refractivity contribution in [3.05, 3.63) is 35.4 Å². The van der Waals surface area contributed by atoms with Crippen molar-refractivity contribution in [3.63, 3.8) is 0 Å². The first-order chi connectivity index (χ1) is 12.8. The van der Waals surface area contributed by atoms with Crippen molar-refractivity contribution in [2.75, 3.05) is 39.4 Å². The van der Waals surface area contributed by atoms with E-state index in [0.29, 0.717) is 12.1 Å². The molecule has 5 heteroatoms. The number of hydrogen-bond donors (Lipinski definition) is 2. The summed E-state index contributed by atoms with van der Waals surface area (Å²) in [6, 6.07) is 9.73. The Bertz CT molecular complexity index is 577. The molecular weight excluding hydrogens is 324 g/mol. The SMILES string of the molecule is CCNC(=NCC(c1cccc(C)c1)N1CCOCC1)NC1CCCC1. The summed E-state index contributed by atoms with van der Waals surface area (Å²) in [6.07, 6.45) is 5.18. The van der Waals surface area contributed by atoms with Crippen molar-refractivity contribution in [2.45, 2.75) is 51.6 Å². The molecule has 2 fully saturated rings. The molecule has 0 bridgehead atoms. The zero-order chi connectivity index (χ0) is 18.2. The van der Waals surface area contributed by atoms with Crippen molar-refractivity contribution in [2.24, 2.45) is 4.99 Å². The Balaban J connectivity index is 1.74. The highest BCUT2D eigenvalue weighted by Gasteiger charge is 2.23. The van der Waals surface area contributed by atoms with Crippen LogP contribution in [0.3, 0.4) is 0 Å². The summed E-state index contributed by atoms with van der Waals surface area (Å²) in [7, 11) is 0. The number of aryl methyl sites for hydroxylation is 1. The predicted octanol–water partition coefficient (Wildman–Crippen LogP) is 2.87. The van der Waals surface area contributed by atoms with Gasteiger partial charge in [-0.15, -0.1) is 0 Å². The molecule has 5 nitrogen and oxygen atoms in total. The molecular formula is C21H34N4O. The molecule has 3 rings (SSSR count). The normalized spacial score (nSPS) is 20.9. The van der Waals surface area contributed by atoms with Gasteiger partial charge in [-0.3, -0.25) is 9.89 Å². The van der Waals surface area contributed by atoms with Crippen molar-refractivity contribution >= 4 is 5.96 Å². The lowest BCUT2D eigenvalue weighted by molar-refractivity contribution is 0.0179. The Morgan fingerprint density at radius 3 is 2.73 bits per heavy atom. The Hall–Kier alpha value is -1.59. The van der Waals surface area contributed by atoms with Crippen LogP contribution >= 0.6 is 0 Å². The van der Waals surface area contributed by atoms with E-state index in [0.717, 1.165) is 45.4 Å². The van der Waals surface area contributed by atoms with E-state index in [1.54, 1.807) is 0 Å². The molecule has 1 saturated heterocycles. The van der Waals surface area contributed by atoms with E-state index in [-0.39, 0.29) is 0 Å². The van der Waals surface area contributed by atoms with Crippen molar-refractivity contribution < 1.29 is 4.74 Å². The van der Waals surface area contributed by atoms with Gasteiger partial charge in [-0.05, 0) is 32.3 Å². The first-order valence-corrected chi connectivity index (χ1v) is 10.2. The maximum atomic E-state index is 5.56. The van der Waals surface area contributed by atoms with Gasteiger partial charge in [0.2, 0.25) is 0 Å². The van der Waals surface area contributed by atoms with E-state index in [4.69, 9.17) is 9.73 Å². The molecule has 0 radical (unpaired) electrons. The smallest absolute Gasteiger partial charge is 0.191 e. The Kier molecular flexibility index (Phi) is 7.32. The third-order valence-corrected chi connectivity index (χ3v) is 5.38. The van der Waals surface area contributed by atoms with Crippen molar-refractivity contribution in [1.29, 1.82) is 0 Å². The van der Waals surface area contributed by atoms with E-state index >= 15 is 0 Å². The minimum atomic E-state index is 0.304. The van der Waals surface area contributed by atoms with E-state index in [9.17, 15) is 0 Å². The van der Waals surface area contributed by atoms with Gasteiger partial charge in [0.1, 0.15) is 0 Å². The second-order valence-corrected chi connectivity index (χ2v) is 7.42. The van der Waals surface area contributed by atoms with Crippen molar-refractivity contribution in [3.8, 4) is 0 Å². The average Bonchev–Trinajstić information content (AvgIpc) is 3.16. The Morgan fingerprint density at radius 1 is 1.27 bits per heavy atom. The molecule has 26 heavy (non-hydrogen) atoms. The van der Waals surface area contributed by atoms with E-state index in [2.05, 4.69) is 53.6 Å². The highest BCUT2D eigenvalue weighted by Crippen LogP contribution is 2.23. The molecule has 144 valence electrons. The number of nitrogens with one attached hydrogen (secondary N) is 2. The second kappa shape index (κ2) is 9.93. The average molecular weight is 359 g/mol. The fourth-order valence-electron chi connectivity index (χ4n) is 3.96. The molecule has 1 unspecified atom stereocenters. The first kappa shape index (κ1) is 19.2. The summed E-state index contributed by atoms with van der Waals surface area (Å²) in [5.74, 6) is 0.963. The van der Waals surface area contributed by atoms with Gasteiger partial charge < -0.3 is 15.4 Å². The summed E-state index contributed by atoms with van der Waals surface area (Å²) in [5, 5.41) is 7.06. The van der Waals surface area contributed by atoms with Gasteiger partial charge in [0.05, 0.1) is 25.8 Å². The lowest BCUT2D eigenvalue weighted by atomic mass is 10.0. The van der Waals surface area contributed by atoms with E-state index < -0.39 is 0 Å². The fourth-order valence-corrected chi connectivity index (χ4v) is 3.96. The van der Waals surface area contributed by atoms with Crippen molar-refractivity contribution in [1.82, 2.24) is 15.5 Å². The number of hydrogen-bond acceptors (Lipinski definition) is 3. The van der Waals surface area contributed by atoms with Crippen LogP contribution in [0.25, 0.3) is 0 Å². The van der Waals surface area contributed by atoms with Crippen LogP contribution in [0.1, 0.15) is 49.8 Å². The monoisotopic (exact) mass is 358 g/mol. The molecule has 0 aromatic heterocycles. The molecule has 1 atom stereocenters.